The van der Waals surface area contributed by atoms with Crippen LogP contribution in [-0.2, 0) is 0 Å². The lowest BCUT2D eigenvalue weighted by Gasteiger charge is -2.19. The second kappa shape index (κ2) is 6.16. The van der Waals surface area contributed by atoms with Crippen LogP contribution in [0.4, 0.5) is 0 Å². The number of benzene rings is 1. The molecule has 0 heterocycles. The Morgan fingerprint density at radius 1 is 1.33 bits per heavy atom. The molecule has 1 atom stereocenters. The molecule has 2 nitrogen and oxygen atoms in total. The van der Waals surface area contributed by atoms with Gasteiger partial charge in [0.15, 0.2) is 0 Å². The minimum absolute atomic E-state index is 0.370. The summed E-state index contributed by atoms with van der Waals surface area (Å²) in [5.41, 5.74) is 4.21. The summed E-state index contributed by atoms with van der Waals surface area (Å²) < 4.78 is 0. The zero-order chi connectivity index (χ0) is 11.3. The average Bonchev–Trinajstić information content (AvgIpc) is 2.21. The van der Waals surface area contributed by atoms with E-state index in [2.05, 4.69) is 50.5 Å². The van der Waals surface area contributed by atoms with E-state index in [9.17, 15) is 0 Å². The predicted octanol–water partition coefficient (Wildman–Crippen LogP) is 2.58. The van der Waals surface area contributed by atoms with Gasteiger partial charge in [-0.3, -0.25) is 11.3 Å². The third-order valence-electron chi connectivity index (χ3n) is 2.53. The number of nitrogens with one attached hydrogen (secondary N) is 1. The molecule has 1 unspecified atom stereocenters. The first-order chi connectivity index (χ1) is 7.15. The minimum atomic E-state index is 0.370. The van der Waals surface area contributed by atoms with E-state index in [4.69, 9.17) is 5.84 Å². The monoisotopic (exact) mass is 224 g/mol. The molecule has 3 heteroatoms. The van der Waals surface area contributed by atoms with Crippen LogP contribution in [0.15, 0.2) is 29.2 Å². The van der Waals surface area contributed by atoms with Gasteiger partial charge < -0.3 is 0 Å². The SMILES string of the molecule is Cc1ccccc1SCC(NN)C(C)C. The molecule has 0 saturated heterocycles. The molecular weight excluding hydrogens is 204 g/mol. The van der Waals surface area contributed by atoms with Crippen molar-refractivity contribution in [2.24, 2.45) is 11.8 Å². The molecule has 1 rings (SSSR count). The highest BCUT2D eigenvalue weighted by atomic mass is 32.2. The standard InChI is InChI=1S/C12H20N2S/c1-9(2)11(14-13)8-15-12-7-5-4-6-10(12)3/h4-7,9,11,14H,8,13H2,1-3H3. The molecular formula is C12H20N2S. The summed E-state index contributed by atoms with van der Waals surface area (Å²) in [7, 11) is 0. The van der Waals surface area contributed by atoms with E-state index in [0.717, 1.165) is 5.75 Å². The number of hydrazine groups is 1. The van der Waals surface area contributed by atoms with E-state index in [1.54, 1.807) is 0 Å². The maximum Gasteiger partial charge on any atom is 0.0327 e. The van der Waals surface area contributed by atoms with Crippen molar-refractivity contribution in [1.82, 2.24) is 5.43 Å². The summed E-state index contributed by atoms with van der Waals surface area (Å²) in [6.45, 7) is 6.51. The van der Waals surface area contributed by atoms with Gasteiger partial charge in [-0.2, -0.15) is 0 Å². The van der Waals surface area contributed by atoms with Crippen LogP contribution in [0.5, 0.6) is 0 Å². The largest absolute Gasteiger partial charge is 0.271 e. The first kappa shape index (κ1) is 12.6. The minimum Gasteiger partial charge on any atom is -0.271 e. The zero-order valence-electron chi connectivity index (χ0n) is 9.66. The average molecular weight is 224 g/mol. The van der Waals surface area contributed by atoms with Crippen LogP contribution in [0.2, 0.25) is 0 Å². The lowest BCUT2D eigenvalue weighted by Crippen LogP contribution is -2.40. The van der Waals surface area contributed by atoms with Crippen molar-refractivity contribution >= 4 is 11.8 Å². The number of aryl methyl sites for hydroxylation is 1. The Bertz CT molecular complexity index is 299. The van der Waals surface area contributed by atoms with Crippen molar-refractivity contribution in [3.8, 4) is 0 Å². The number of nitrogens with two attached hydrogens (primary N) is 1. The highest BCUT2D eigenvalue weighted by molar-refractivity contribution is 7.99. The summed E-state index contributed by atoms with van der Waals surface area (Å²) in [4.78, 5) is 1.35. The molecule has 0 aliphatic heterocycles. The molecule has 84 valence electrons. The molecule has 0 aliphatic rings. The maximum absolute atomic E-state index is 5.51. The van der Waals surface area contributed by atoms with Crippen LogP contribution in [-0.4, -0.2) is 11.8 Å². The fraction of sp³-hybridized carbons (Fsp3) is 0.500. The highest BCUT2D eigenvalue weighted by Crippen LogP contribution is 2.23. The van der Waals surface area contributed by atoms with Crippen molar-refractivity contribution < 1.29 is 0 Å². The van der Waals surface area contributed by atoms with Gasteiger partial charge in [-0.15, -0.1) is 11.8 Å². The number of hydrogen-bond donors (Lipinski definition) is 2. The predicted molar refractivity (Wildman–Crippen MR) is 67.9 cm³/mol. The summed E-state index contributed by atoms with van der Waals surface area (Å²) in [6, 6.07) is 8.82. The topological polar surface area (TPSA) is 38.0 Å². The van der Waals surface area contributed by atoms with Crippen LogP contribution in [0, 0.1) is 12.8 Å². The Morgan fingerprint density at radius 2 is 2.00 bits per heavy atom. The molecule has 15 heavy (non-hydrogen) atoms. The normalized spacial score (nSPS) is 13.1. The first-order valence-corrected chi connectivity index (χ1v) is 6.28. The molecule has 0 fully saturated rings. The molecule has 0 spiro atoms. The number of rotatable bonds is 5. The summed E-state index contributed by atoms with van der Waals surface area (Å²) in [5.74, 6) is 7.09. The van der Waals surface area contributed by atoms with Gasteiger partial charge in [0.2, 0.25) is 0 Å². The molecule has 1 aromatic carbocycles. The van der Waals surface area contributed by atoms with Gasteiger partial charge in [0, 0.05) is 16.7 Å². The van der Waals surface area contributed by atoms with Crippen LogP contribution in [0.3, 0.4) is 0 Å². The van der Waals surface area contributed by atoms with Crippen molar-refractivity contribution in [2.75, 3.05) is 5.75 Å². The molecule has 0 aliphatic carbocycles. The van der Waals surface area contributed by atoms with Gasteiger partial charge >= 0.3 is 0 Å². The maximum atomic E-state index is 5.51. The molecule has 0 aromatic heterocycles. The first-order valence-electron chi connectivity index (χ1n) is 5.29. The Kier molecular flexibility index (Phi) is 5.15. The zero-order valence-corrected chi connectivity index (χ0v) is 10.5. The summed E-state index contributed by atoms with van der Waals surface area (Å²) in [5, 5.41) is 0. The Balaban J connectivity index is 2.53. The van der Waals surface area contributed by atoms with Crippen LogP contribution in [0.1, 0.15) is 19.4 Å². The van der Waals surface area contributed by atoms with Crippen molar-refractivity contribution in [2.45, 2.75) is 31.7 Å². The van der Waals surface area contributed by atoms with Gasteiger partial charge in [-0.05, 0) is 24.5 Å². The highest BCUT2D eigenvalue weighted by Gasteiger charge is 2.11. The van der Waals surface area contributed by atoms with Gasteiger partial charge in [0.25, 0.3) is 0 Å². The third kappa shape index (κ3) is 3.86. The fourth-order valence-electron chi connectivity index (χ4n) is 1.33. The smallest absolute Gasteiger partial charge is 0.0327 e. The fourth-order valence-corrected chi connectivity index (χ4v) is 2.64. The molecule has 0 amide bonds. The Labute approximate surface area is 96.6 Å². The molecule has 0 bridgehead atoms. The van der Waals surface area contributed by atoms with E-state index in [-0.39, 0.29) is 0 Å². The lowest BCUT2D eigenvalue weighted by molar-refractivity contribution is 0.443. The number of thioether (sulfide) groups is 1. The molecule has 0 radical (unpaired) electrons. The van der Waals surface area contributed by atoms with Gasteiger partial charge in [0.1, 0.15) is 0 Å². The van der Waals surface area contributed by atoms with Crippen LogP contribution >= 0.6 is 11.8 Å². The Hall–Kier alpha value is -0.510. The van der Waals surface area contributed by atoms with Gasteiger partial charge in [-0.25, -0.2) is 0 Å². The van der Waals surface area contributed by atoms with Crippen molar-refractivity contribution in [3.63, 3.8) is 0 Å². The van der Waals surface area contributed by atoms with Crippen molar-refractivity contribution in [3.05, 3.63) is 29.8 Å². The van der Waals surface area contributed by atoms with Gasteiger partial charge in [-0.1, -0.05) is 32.0 Å². The van der Waals surface area contributed by atoms with Gasteiger partial charge in [0.05, 0.1) is 0 Å². The second-order valence-corrected chi connectivity index (χ2v) is 5.16. The third-order valence-corrected chi connectivity index (χ3v) is 3.83. The summed E-state index contributed by atoms with van der Waals surface area (Å²) in [6.07, 6.45) is 0. The molecule has 3 N–H and O–H groups in total. The number of hydrogen-bond acceptors (Lipinski definition) is 3. The Morgan fingerprint density at radius 3 is 2.53 bits per heavy atom. The van der Waals surface area contributed by atoms with Crippen molar-refractivity contribution in [1.29, 1.82) is 0 Å². The van der Waals surface area contributed by atoms with E-state index < -0.39 is 0 Å². The van der Waals surface area contributed by atoms with Crippen LogP contribution < -0.4 is 11.3 Å². The quantitative estimate of drug-likeness (QED) is 0.458. The van der Waals surface area contributed by atoms with E-state index in [1.807, 2.05) is 11.8 Å². The summed E-state index contributed by atoms with van der Waals surface area (Å²) >= 11 is 1.87. The molecule has 1 aromatic rings. The lowest BCUT2D eigenvalue weighted by atomic mass is 10.1. The molecule has 0 saturated carbocycles. The second-order valence-electron chi connectivity index (χ2n) is 4.09. The van der Waals surface area contributed by atoms with E-state index in [0.29, 0.717) is 12.0 Å². The van der Waals surface area contributed by atoms with E-state index in [1.165, 1.54) is 10.5 Å². The van der Waals surface area contributed by atoms with Crippen LogP contribution in [0.25, 0.3) is 0 Å². The van der Waals surface area contributed by atoms with E-state index >= 15 is 0 Å².